The molecule has 0 aliphatic rings. The molecule has 2 heterocycles. The second-order valence-corrected chi connectivity index (χ2v) is 5.90. The molecule has 2 aromatic heterocycles. The third kappa shape index (κ3) is 3.86. The third-order valence-corrected chi connectivity index (χ3v) is 4.28. The Labute approximate surface area is 152 Å². The largest absolute Gasteiger partial charge is 0.452 e. The van der Waals surface area contributed by atoms with Gasteiger partial charge in [0, 0.05) is 12.6 Å². The van der Waals surface area contributed by atoms with Crippen LogP contribution in [0.4, 0.5) is 11.0 Å². The molecule has 0 aliphatic carbocycles. The Bertz CT molecular complexity index is 922. The number of aryl methyl sites for hydroxylation is 1. The fraction of sp³-hybridized carbons (Fsp3) is 0.188. The zero-order valence-electron chi connectivity index (χ0n) is 14.0. The highest BCUT2D eigenvalue weighted by atomic mass is 32.1. The van der Waals surface area contributed by atoms with Crippen molar-refractivity contribution in [3.8, 4) is 11.5 Å². The van der Waals surface area contributed by atoms with Gasteiger partial charge >= 0.3 is 12.0 Å². The van der Waals surface area contributed by atoms with E-state index < -0.39 is 18.5 Å². The molecule has 134 valence electrons. The maximum absolute atomic E-state index is 12.1. The number of ether oxygens (including phenoxy) is 1. The van der Waals surface area contributed by atoms with Gasteiger partial charge in [-0.2, -0.15) is 4.37 Å². The van der Waals surface area contributed by atoms with E-state index in [1.807, 2.05) is 18.2 Å². The summed E-state index contributed by atoms with van der Waals surface area (Å²) in [5.74, 6) is -0.948. The molecule has 3 aromatic rings. The van der Waals surface area contributed by atoms with E-state index >= 15 is 0 Å². The molecular formula is C16H15N5O4S. The number of nitrogens with one attached hydrogen (secondary N) is 2. The number of carbonyl (C=O) groups is 2. The summed E-state index contributed by atoms with van der Waals surface area (Å²) >= 11 is 1.15. The van der Waals surface area contributed by atoms with Crippen molar-refractivity contribution in [1.29, 1.82) is 0 Å². The average Bonchev–Trinajstić information content (AvgIpc) is 3.27. The number of carbonyl (C=O) groups excluding carboxylic acids is 2. The van der Waals surface area contributed by atoms with Gasteiger partial charge in [-0.1, -0.05) is 23.3 Å². The molecule has 0 fully saturated rings. The molecule has 0 spiro atoms. The van der Waals surface area contributed by atoms with Crippen molar-refractivity contribution in [2.45, 2.75) is 6.92 Å². The fourth-order valence-corrected chi connectivity index (χ4v) is 2.84. The Hall–Kier alpha value is -3.27. The molecule has 0 bridgehead atoms. The number of hydrogen-bond acceptors (Lipinski definition) is 9. The predicted molar refractivity (Wildman–Crippen MR) is 95.0 cm³/mol. The van der Waals surface area contributed by atoms with Crippen LogP contribution in [0.5, 0.6) is 0 Å². The Kier molecular flexibility index (Phi) is 5.23. The number of hydrogen-bond donors (Lipinski definition) is 2. The smallest absolute Gasteiger partial charge is 0.343 e. The quantitative estimate of drug-likeness (QED) is 0.632. The summed E-state index contributed by atoms with van der Waals surface area (Å²) in [5.41, 5.74) is 1.58. The van der Waals surface area contributed by atoms with Crippen molar-refractivity contribution < 1.29 is 18.7 Å². The Morgan fingerprint density at radius 1 is 1.23 bits per heavy atom. The zero-order chi connectivity index (χ0) is 18.5. The lowest BCUT2D eigenvalue weighted by Crippen LogP contribution is -2.21. The molecule has 0 saturated carbocycles. The van der Waals surface area contributed by atoms with Gasteiger partial charge in [0.2, 0.25) is 5.89 Å². The van der Waals surface area contributed by atoms with Gasteiger partial charge in [-0.15, -0.1) is 5.10 Å². The lowest BCUT2D eigenvalue weighted by atomic mass is 10.2. The fourth-order valence-electron chi connectivity index (χ4n) is 2.11. The molecule has 2 N–H and O–H groups in total. The number of rotatable bonds is 6. The van der Waals surface area contributed by atoms with Crippen molar-refractivity contribution in [3.05, 3.63) is 41.6 Å². The molecule has 1 amide bonds. The normalized spacial score (nSPS) is 10.4. The van der Waals surface area contributed by atoms with Crippen LogP contribution in [0.3, 0.4) is 0 Å². The summed E-state index contributed by atoms with van der Waals surface area (Å²) in [6.07, 6.45) is 0. The topological polar surface area (TPSA) is 119 Å². The minimum atomic E-state index is -0.633. The van der Waals surface area contributed by atoms with Gasteiger partial charge in [-0.3, -0.25) is 10.1 Å². The predicted octanol–water partition coefficient (Wildman–Crippen LogP) is 2.34. The monoisotopic (exact) mass is 373 g/mol. The summed E-state index contributed by atoms with van der Waals surface area (Å²) in [5, 5.41) is 13.4. The van der Waals surface area contributed by atoms with Crippen LogP contribution >= 0.6 is 11.5 Å². The van der Waals surface area contributed by atoms with Gasteiger partial charge in [-0.25, -0.2) is 4.79 Å². The lowest BCUT2D eigenvalue weighted by molar-refractivity contribution is -0.119. The molecular weight excluding hydrogens is 358 g/mol. The van der Waals surface area contributed by atoms with Crippen molar-refractivity contribution in [2.24, 2.45) is 0 Å². The van der Waals surface area contributed by atoms with E-state index in [1.165, 1.54) is 0 Å². The molecule has 9 nitrogen and oxygen atoms in total. The Morgan fingerprint density at radius 3 is 2.73 bits per heavy atom. The third-order valence-electron chi connectivity index (χ3n) is 3.32. The number of nitrogens with zero attached hydrogens (tertiary/aromatic N) is 3. The van der Waals surface area contributed by atoms with Gasteiger partial charge < -0.3 is 14.5 Å². The van der Waals surface area contributed by atoms with Crippen molar-refractivity contribution in [1.82, 2.24) is 14.6 Å². The number of amides is 1. The molecule has 26 heavy (non-hydrogen) atoms. The van der Waals surface area contributed by atoms with E-state index in [4.69, 9.17) is 9.15 Å². The van der Waals surface area contributed by atoms with Crippen LogP contribution in [-0.4, -0.2) is 40.1 Å². The zero-order valence-corrected chi connectivity index (χ0v) is 14.8. The summed E-state index contributed by atoms with van der Waals surface area (Å²) in [6.45, 7) is 1.21. The average molecular weight is 373 g/mol. The number of benzene rings is 1. The second kappa shape index (κ2) is 7.74. The molecule has 1 aromatic carbocycles. The Balaban J connectivity index is 1.57. The van der Waals surface area contributed by atoms with Crippen LogP contribution in [0.2, 0.25) is 0 Å². The molecule has 0 unspecified atom stereocenters. The molecule has 0 radical (unpaired) electrons. The molecule has 0 saturated heterocycles. The van der Waals surface area contributed by atoms with E-state index in [0.29, 0.717) is 16.3 Å². The first kappa shape index (κ1) is 17.5. The van der Waals surface area contributed by atoms with Crippen LogP contribution in [0, 0.1) is 6.92 Å². The van der Waals surface area contributed by atoms with Crippen LogP contribution in [0.1, 0.15) is 16.1 Å². The maximum atomic E-state index is 12.1. The maximum Gasteiger partial charge on any atom is 0.343 e. The van der Waals surface area contributed by atoms with Crippen molar-refractivity contribution in [2.75, 3.05) is 24.3 Å². The first-order valence-electron chi connectivity index (χ1n) is 7.58. The van der Waals surface area contributed by atoms with Crippen molar-refractivity contribution >= 4 is 34.4 Å². The standard InChI is InChI=1S/C16H15N5O4S/c1-9-12(14(17-2)26-21-9)15(23)24-8-11(22)18-16-20-19-13(25-16)10-6-4-3-5-7-10/h3-7,17H,8H2,1-2H3,(H,18,20,22). The van der Waals surface area contributed by atoms with Gasteiger partial charge in [0.25, 0.3) is 5.91 Å². The molecule has 10 heteroatoms. The van der Waals surface area contributed by atoms with Gasteiger partial charge in [0.15, 0.2) is 6.61 Å². The lowest BCUT2D eigenvalue weighted by Gasteiger charge is -2.05. The summed E-state index contributed by atoms with van der Waals surface area (Å²) in [4.78, 5) is 24.1. The summed E-state index contributed by atoms with van der Waals surface area (Å²) in [7, 11) is 1.68. The van der Waals surface area contributed by atoms with E-state index in [1.54, 1.807) is 26.1 Å². The van der Waals surface area contributed by atoms with Gasteiger partial charge in [0.05, 0.1) is 5.69 Å². The molecule has 0 aliphatic heterocycles. The summed E-state index contributed by atoms with van der Waals surface area (Å²) in [6, 6.07) is 9.06. The van der Waals surface area contributed by atoms with Crippen molar-refractivity contribution in [3.63, 3.8) is 0 Å². The van der Waals surface area contributed by atoms with Crippen LogP contribution in [-0.2, 0) is 9.53 Å². The highest BCUT2D eigenvalue weighted by Gasteiger charge is 2.20. The van der Waals surface area contributed by atoms with Gasteiger partial charge in [0.1, 0.15) is 10.6 Å². The molecule has 3 rings (SSSR count). The van der Waals surface area contributed by atoms with E-state index in [-0.39, 0.29) is 11.9 Å². The van der Waals surface area contributed by atoms with E-state index in [2.05, 4.69) is 25.2 Å². The minimum absolute atomic E-state index is 0.0748. The second-order valence-electron chi connectivity index (χ2n) is 5.12. The van der Waals surface area contributed by atoms with Gasteiger partial charge in [-0.05, 0) is 30.6 Å². The number of esters is 1. The molecule has 0 atom stereocenters. The Morgan fingerprint density at radius 2 is 2.00 bits per heavy atom. The first-order chi connectivity index (χ1) is 12.6. The van der Waals surface area contributed by atoms with Crippen LogP contribution in [0.25, 0.3) is 11.5 Å². The number of aromatic nitrogens is 3. The van der Waals surface area contributed by atoms with Crippen LogP contribution < -0.4 is 10.6 Å². The highest BCUT2D eigenvalue weighted by Crippen LogP contribution is 2.24. The SMILES string of the molecule is CNc1snc(C)c1C(=O)OCC(=O)Nc1nnc(-c2ccccc2)o1. The number of anilines is 2. The van der Waals surface area contributed by atoms with E-state index in [9.17, 15) is 9.59 Å². The first-order valence-corrected chi connectivity index (χ1v) is 8.35. The minimum Gasteiger partial charge on any atom is -0.452 e. The van der Waals surface area contributed by atoms with E-state index in [0.717, 1.165) is 17.1 Å². The van der Waals surface area contributed by atoms with Crippen LogP contribution in [0.15, 0.2) is 34.7 Å². The highest BCUT2D eigenvalue weighted by molar-refractivity contribution is 7.10. The summed E-state index contributed by atoms with van der Waals surface area (Å²) < 4.78 is 14.5.